The van der Waals surface area contributed by atoms with Crippen molar-refractivity contribution in [2.75, 3.05) is 27.2 Å². The van der Waals surface area contributed by atoms with E-state index in [0.29, 0.717) is 6.42 Å². The molecular formula is C17H28N2O2. The molecule has 1 atom stereocenters. The van der Waals surface area contributed by atoms with Crippen molar-refractivity contribution in [2.45, 2.75) is 39.2 Å². The molecule has 118 valence electrons. The van der Waals surface area contributed by atoms with Crippen LogP contribution in [0.1, 0.15) is 32.3 Å². The molecule has 0 aromatic heterocycles. The number of amides is 1. The number of carbonyl (C=O) groups is 1. The van der Waals surface area contributed by atoms with Crippen molar-refractivity contribution < 1.29 is 9.53 Å². The van der Waals surface area contributed by atoms with Gasteiger partial charge in [0, 0.05) is 19.0 Å². The summed E-state index contributed by atoms with van der Waals surface area (Å²) in [5.41, 5.74) is 1.23. The van der Waals surface area contributed by atoms with Crippen molar-refractivity contribution in [3.8, 4) is 5.75 Å². The van der Waals surface area contributed by atoms with Gasteiger partial charge < -0.3 is 15.0 Å². The summed E-state index contributed by atoms with van der Waals surface area (Å²) in [7, 11) is 3.58. The third kappa shape index (κ3) is 5.76. The first-order valence-electron chi connectivity index (χ1n) is 7.69. The lowest BCUT2D eigenvalue weighted by Gasteiger charge is -2.28. The molecule has 4 heteroatoms. The summed E-state index contributed by atoms with van der Waals surface area (Å²) >= 11 is 0. The van der Waals surface area contributed by atoms with Gasteiger partial charge in [-0.25, -0.2) is 0 Å². The van der Waals surface area contributed by atoms with Gasteiger partial charge in [0.1, 0.15) is 5.75 Å². The number of rotatable bonds is 9. The zero-order valence-electron chi connectivity index (χ0n) is 13.7. The van der Waals surface area contributed by atoms with Gasteiger partial charge >= 0.3 is 0 Å². The third-order valence-corrected chi connectivity index (χ3v) is 3.70. The van der Waals surface area contributed by atoms with Crippen LogP contribution in [0.3, 0.4) is 0 Å². The van der Waals surface area contributed by atoms with Gasteiger partial charge in [-0.15, -0.1) is 0 Å². The lowest BCUT2D eigenvalue weighted by Crippen LogP contribution is -2.39. The molecule has 1 N–H and O–H groups in total. The zero-order valence-corrected chi connectivity index (χ0v) is 13.7. The number of hydrogen-bond acceptors (Lipinski definition) is 3. The van der Waals surface area contributed by atoms with E-state index in [-0.39, 0.29) is 11.9 Å². The quantitative estimate of drug-likeness (QED) is 0.711. The Kier molecular flexibility index (Phi) is 7.83. The Labute approximate surface area is 128 Å². The number of nitrogens with zero attached hydrogens (tertiary/aromatic N) is 1. The highest BCUT2D eigenvalue weighted by Crippen LogP contribution is 2.15. The number of benzene rings is 1. The standard InChI is InChI=1S/C17H28N2O2/c1-5-19(17(20)7-6-12-18-3)14(2)13-15-8-10-16(21-4)11-9-15/h8-11,14,18H,5-7,12-13H2,1-4H3. The smallest absolute Gasteiger partial charge is 0.222 e. The van der Waals surface area contributed by atoms with E-state index >= 15 is 0 Å². The molecule has 0 fully saturated rings. The van der Waals surface area contributed by atoms with Gasteiger partial charge in [-0.2, -0.15) is 0 Å². The predicted molar refractivity (Wildman–Crippen MR) is 86.7 cm³/mol. The van der Waals surface area contributed by atoms with E-state index in [4.69, 9.17) is 4.74 Å². The molecule has 4 nitrogen and oxygen atoms in total. The molecule has 0 radical (unpaired) electrons. The van der Waals surface area contributed by atoms with Gasteiger partial charge in [0.25, 0.3) is 0 Å². The van der Waals surface area contributed by atoms with Crippen molar-refractivity contribution in [3.05, 3.63) is 29.8 Å². The Morgan fingerprint density at radius 3 is 2.52 bits per heavy atom. The average Bonchev–Trinajstić information content (AvgIpc) is 2.49. The summed E-state index contributed by atoms with van der Waals surface area (Å²) in [5, 5.41) is 3.08. The maximum absolute atomic E-state index is 12.3. The van der Waals surface area contributed by atoms with E-state index in [2.05, 4.69) is 24.4 Å². The molecule has 1 rings (SSSR count). The highest BCUT2D eigenvalue weighted by Gasteiger charge is 2.18. The van der Waals surface area contributed by atoms with Gasteiger partial charge in [0.05, 0.1) is 7.11 Å². The van der Waals surface area contributed by atoms with Crippen LogP contribution in [0.15, 0.2) is 24.3 Å². The molecule has 1 aromatic carbocycles. The second-order valence-corrected chi connectivity index (χ2v) is 5.29. The van der Waals surface area contributed by atoms with E-state index in [1.165, 1.54) is 5.56 Å². The van der Waals surface area contributed by atoms with Gasteiger partial charge in [-0.1, -0.05) is 12.1 Å². The molecule has 0 aliphatic heterocycles. The molecule has 0 aliphatic carbocycles. The molecule has 0 saturated heterocycles. The highest BCUT2D eigenvalue weighted by molar-refractivity contribution is 5.76. The number of ether oxygens (including phenoxy) is 1. The summed E-state index contributed by atoms with van der Waals surface area (Å²) in [4.78, 5) is 14.2. The Morgan fingerprint density at radius 1 is 1.33 bits per heavy atom. The topological polar surface area (TPSA) is 41.6 Å². The minimum atomic E-state index is 0.213. The average molecular weight is 292 g/mol. The molecule has 0 bridgehead atoms. The van der Waals surface area contributed by atoms with Crippen LogP contribution in [0, 0.1) is 0 Å². The van der Waals surface area contributed by atoms with E-state index < -0.39 is 0 Å². The highest BCUT2D eigenvalue weighted by atomic mass is 16.5. The Hall–Kier alpha value is -1.55. The number of methoxy groups -OCH3 is 1. The Morgan fingerprint density at radius 2 is 2.00 bits per heavy atom. The molecule has 1 aromatic rings. The zero-order chi connectivity index (χ0) is 15.7. The number of carbonyl (C=O) groups excluding carboxylic acids is 1. The molecule has 21 heavy (non-hydrogen) atoms. The minimum Gasteiger partial charge on any atom is -0.497 e. The van der Waals surface area contributed by atoms with Crippen molar-refractivity contribution in [1.29, 1.82) is 0 Å². The lowest BCUT2D eigenvalue weighted by molar-refractivity contribution is -0.133. The van der Waals surface area contributed by atoms with Crippen LogP contribution >= 0.6 is 0 Å². The summed E-state index contributed by atoms with van der Waals surface area (Å²) in [6.45, 7) is 5.80. The van der Waals surface area contributed by atoms with Gasteiger partial charge in [0.2, 0.25) is 5.91 Å². The molecule has 1 unspecified atom stereocenters. The fraction of sp³-hybridized carbons (Fsp3) is 0.588. The van der Waals surface area contributed by atoms with Crippen molar-refractivity contribution in [3.63, 3.8) is 0 Å². The second kappa shape index (κ2) is 9.40. The van der Waals surface area contributed by atoms with Gasteiger partial charge in [-0.05, 0) is 58.0 Å². The summed E-state index contributed by atoms with van der Waals surface area (Å²) < 4.78 is 5.17. The van der Waals surface area contributed by atoms with Crippen LogP contribution in [0.25, 0.3) is 0 Å². The maximum atomic E-state index is 12.3. The van der Waals surface area contributed by atoms with Gasteiger partial charge in [-0.3, -0.25) is 4.79 Å². The Bertz CT molecular complexity index is 417. The lowest BCUT2D eigenvalue weighted by atomic mass is 10.1. The molecule has 0 heterocycles. The molecule has 1 amide bonds. The van der Waals surface area contributed by atoms with Crippen LogP contribution in [-0.2, 0) is 11.2 Å². The Balaban J connectivity index is 2.56. The third-order valence-electron chi connectivity index (χ3n) is 3.70. The number of nitrogens with one attached hydrogen (secondary N) is 1. The van der Waals surface area contributed by atoms with Crippen LogP contribution in [-0.4, -0.2) is 44.1 Å². The molecular weight excluding hydrogens is 264 g/mol. The van der Waals surface area contributed by atoms with E-state index in [0.717, 1.165) is 31.7 Å². The first-order valence-corrected chi connectivity index (χ1v) is 7.69. The van der Waals surface area contributed by atoms with E-state index in [1.807, 2.05) is 31.0 Å². The fourth-order valence-electron chi connectivity index (χ4n) is 2.51. The van der Waals surface area contributed by atoms with E-state index in [9.17, 15) is 4.79 Å². The molecule has 0 aliphatic rings. The van der Waals surface area contributed by atoms with Crippen LogP contribution in [0.5, 0.6) is 5.75 Å². The van der Waals surface area contributed by atoms with Crippen LogP contribution in [0.4, 0.5) is 0 Å². The van der Waals surface area contributed by atoms with Crippen molar-refractivity contribution in [1.82, 2.24) is 10.2 Å². The summed E-state index contributed by atoms with van der Waals surface area (Å²) in [6.07, 6.45) is 2.37. The van der Waals surface area contributed by atoms with Crippen LogP contribution < -0.4 is 10.1 Å². The SMILES string of the molecule is CCN(C(=O)CCCNC)C(C)Cc1ccc(OC)cc1. The number of likely N-dealkylation sites (N-methyl/N-ethyl adjacent to an activating group) is 1. The van der Waals surface area contributed by atoms with Crippen molar-refractivity contribution in [2.24, 2.45) is 0 Å². The molecule has 0 saturated carbocycles. The minimum absolute atomic E-state index is 0.213. The predicted octanol–water partition coefficient (Wildman–Crippen LogP) is 2.47. The fourth-order valence-corrected chi connectivity index (χ4v) is 2.51. The monoisotopic (exact) mass is 292 g/mol. The molecule has 0 spiro atoms. The van der Waals surface area contributed by atoms with Gasteiger partial charge in [0.15, 0.2) is 0 Å². The maximum Gasteiger partial charge on any atom is 0.222 e. The van der Waals surface area contributed by atoms with Crippen LogP contribution in [0.2, 0.25) is 0 Å². The normalized spacial score (nSPS) is 12.0. The first kappa shape index (κ1) is 17.5. The second-order valence-electron chi connectivity index (χ2n) is 5.29. The first-order chi connectivity index (χ1) is 10.1. The number of hydrogen-bond donors (Lipinski definition) is 1. The van der Waals surface area contributed by atoms with Crippen molar-refractivity contribution >= 4 is 5.91 Å². The van der Waals surface area contributed by atoms with E-state index in [1.54, 1.807) is 7.11 Å². The summed E-state index contributed by atoms with van der Waals surface area (Å²) in [6, 6.07) is 8.27. The largest absolute Gasteiger partial charge is 0.497 e. The summed E-state index contributed by atoms with van der Waals surface area (Å²) in [5.74, 6) is 1.11.